The highest BCUT2D eigenvalue weighted by molar-refractivity contribution is 5.72. The van der Waals surface area contributed by atoms with E-state index in [9.17, 15) is 5.26 Å². The molecule has 1 aromatic heterocycles. The fraction of sp³-hybridized carbons (Fsp3) is 0.263. The zero-order chi connectivity index (χ0) is 28.1. The Morgan fingerprint density at radius 3 is 1.62 bits per heavy atom. The third-order valence-electron chi connectivity index (χ3n) is 9.93. The minimum Gasteiger partial charge on any atom is -0.208 e. The Morgan fingerprint density at radius 2 is 1.02 bits per heavy atom. The molecule has 0 N–H and O–H groups in total. The van der Waals surface area contributed by atoms with Gasteiger partial charge in [-0.25, -0.2) is 15.0 Å². The van der Waals surface area contributed by atoms with Crippen LogP contribution in [0, 0.1) is 29.1 Å². The number of benzene rings is 4. The van der Waals surface area contributed by atoms with Gasteiger partial charge in [0.05, 0.1) is 11.6 Å². The molecule has 0 unspecified atom stereocenters. The van der Waals surface area contributed by atoms with Crippen molar-refractivity contribution in [2.75, 3.05) is 0 Å². The second kappa shape index (κ2) is 10.0. The summed E-state index contributed by atoms with van der Waals surface area (Å²) in [4.78, 5) is 14.9. The molecule has 4 aromatic carbocycles. The molecule has 1 heterocycles. The fourth-order valence-corrected chi connectivity index (χ4v) is 8.36. The minimum absolute atomic E-state index is 0.374. The van der Waals surface area contributed by atoms with Crippen molar-refractivity contribution in [1.29, 1.82) is 5.26 Å². The number of hydrogen-bond acceptors (Lipinski definition) is 4. The van der Waals surface area contributed by atoms with Crippen LogP contribution in [0.15, 0.2) is 103 Å². The van der Waals surface area contributed by atoms with E-state index in [2.05, 4.69) is 48.5 Å². The molecule has 0 amide bonds. The van der Waals surface area contributed by atoms with Gasteiger partial charge in [-0.05, 0) is 96.6 Å². The molecule has 4 aliphatic rings. The summed E-state index contributed by atoms with van der Waals surface area (Å²) < 4.78 is 0. The van der Waals surface area contributed by atoms with E-state index < -0.39 is 0 Å². The second-order valence-corrected chi connectivity index (χ2v) is 12.7. The number of nitrogens with zero attached hydrogens (tertiary/aromatic N) is 4. The highest BCUT2D eigenvalue weighted by atomic mass is 15.0. The van der Waals surface area contributed by atoms with Gasteiger partial charge in [0, 0.05) is 16.7 Å². The van der Waals surface area contributed by atoms with E-state index in [1.54, 1.807) is 0 Å². The molecule has 42 heavy (non-hydrogen) atoms. The normalized spacial score (nSPS) is 23.9. The van der Waals surface area contributed by atoms with E-state index >= 15 is 0 Å². The SMILES string of the molecule is N#Cc1ccc(-c2cccc(-c3nc(-c4ccccc4)nc(-c4ccc(C56CC7C[C@H](C5)C[C@@H](C7)C6)cc4)n3)c2)cc1. The minimum atomic E-state index is 0.374. The summed E-state index contributed by atoms with van der Waals surface area (Å²) >= 11 is 0. The molecule has 9 rings (SSSR count). The van der Waals surface area contributed by atoms with Crippen molar-refractivity contribution >= 4 is 0 Å². The topological polar surface area (TPSA) is 62.5 Å². The predicted octanol–water partition coefficient (Wildman–Crippen LogP) is 8.88. The van der Waals surface area contributed by atoms with Gasteiger partial charge < -0.3 is 0 Å². The Hall–Kier alpha value is -4.62. The fourth-order valence-electron chi connectivity index (χ4n) is 8.36. The summed E-state index contributed by atoms with van der Waals surface area (Å²) in [5.41, 5.74) is 7.57. The van der Waals surface area contributed by atoms with E-state index in [-0.39, 0.29) is 0 Å². The van der Waals surface area contributed by atoms with Gasteiger partial charge >= 0.3 is 0 Å². The van der Waals surface area contributed by atoms with Gasteiger partial charge in [-0.1, -0.05) is 84.9 Å². The maximum Gasteiger partial charge on any atom is 0.164 e. The third-order valence-corrected chi connectivity index (χ3v) is 9.93. The standard InChI is InChI=1S/C38H32N4/c39-24-25-9-11-29(12-10-25)32-7-4-8-33(20-32)37-41-35(30-5-2-1-3-6-30)40-36(42-37)31-13-15-34(16-14-31)38-21-26-17-27(22-38)19-28(18-26)23-38/h1-16,20,26-28H,17-19,21-23H2/t26-,27+,28?,38?. The van der Waals surface area contributed by atoms with Gasteiger partial charge in [0.15, 0.2) is 17.5 Å². The molecular weight excluding hydrogens is 512 g/mol. The molecule has 0 aliphatic heterocycles. The summed E-state index contributed by atoms with van der Waals surface area (Å²) in [7, 11) is 0. The Morgan fingerprint density at radius 1 is 0.524 bits per heavy atom. The van der Waals surface area contributed by atoms with Crippen LogP contribution in [-0.4, -0.2) is 15.0 Å². The molecular formula is C38H32N4. The molecule has 0 radical (unpaired) electrons. The van der Waals surface area contributed by atoms with Crippen molar-refractivity contribution in [3.8, 4) is 51.4 Å². The van der Waals surface area contributed by atoms with E-state index in [1.165, 1.54) is 44.1 Å². The molecule has 4 saturated carbocycles. The predicted molar refractivity (Wildman–Crippen MR) is 166 cm³/mol. The summed E-state index contributed by atoms with van der Waals surface area (Å²) in [5.74, 6) is 4.80. The average molecular weight is 545 g/mol. The van der Waals surface area contributed by atoms with Crippen molar-refractivity contribution in [2.24, 2.45) is 17.8 Å². The smallest absolute Gasteiger partial charge is 0.164 e. The lowest BCUT2D eigenvalue weighted by molar-refractivity contribution is -0.00518. The van der Waals surface area contributed by atoms with Gasteiger partial charge in [-0.15, -0.1) is 0 Å². The van der Waals surface area contributed by atoms with Crippen LogP contribution in [0.25, 0.3) is 45.3 Å². The zero-order valence-corrected chi connectivity index (χ0v) is 23.6. The molecule has 4 bridgehead atoms. The first-order valence-corrected chi connectivity index (χ1v) is 15.2. The highest BCUT2D eigenvalue weighted by Crippen LogP contribution is 2.60. The summed E-state index contributed by atoms with van der Waals surface area (Å²) in [6, 6.07) is 37.5. The molecule has 204 valence electrons. The zero-order valence-electron chi connectivity index (χ0n) is 23.6. The molecule has 0 atom stereocenters. The first-order valence-electron chi connectivity index (χ1n) is 15.2. The molecule has 0 saturated heterocycles. The maximum absolute atomic E-state index is 9.19. The average Bonchev–Trinajstić information content (AvgIpc) is 3.04. The lowest BCUT2D eigenvalue weighted by Crippen LogP contribution is -2.48. The summed E-state index contributed by atoms with van der Waals surface area (Å²) in [6.07, 6.45) is 8.46. The van der Waals surface area contributed by atoms with Crippen molar-refractivity contribution in [1.82, 2.24) is 15.0 Å². The highest BCUT2D eigenvalue weighted by Gasteiger charge is 2.51. The van der Waals surface area contributed by atoms with Gasteiger partial charge in [-0.2, -0.15) is 5.26 Å². The van der Waals surface area contributed by atoms with Crippen LogP contribution < -0.4 is 0 Å². The molecule has 4 nitrogen and oxygen atoms in total. The van der Waals surface area contributed by atoms with E-state index in [0.717, 1.165) is 45.6 Å². The van der Waals surface area contributed by atoms with E-state index in [4.69, 9.17) is 15.0 Å². The largest absolute Gasteiger partial charge is 0.208 e. The molecule has 4 fully saturated rings. The Bertz CT molecular complexity index is 1760. The quantitative estimate of drug-likeness (QED) is 0.222. The van der Waals surface area contributed by atoms with Crippen LogP contribution in [0.5, 0.6) is 0 Å². The van der Waals surface area contributed by atoms with Crippen molar-refractivity contribution in [3.63, 3.8) is 0 Å². The van der Waals surface area contributed by atoms with Crippen LogP contribution in [0.2, 0.25) is 0 Å². The maximum atomic E-state index is 9.19. The van der Waals surface area contributed by atoms with Crippen molar-refractivity contribution < 1.29 is 0 Å². The van der Waals surface area contributed by atoms with Crippen LogP contribution in [0.3, 0.4) is 0 Å². The van der Waals surface area contributed by atoms with Crippen molar-refractivity contribution in [2.45, 2.75) is 43.9 Å². The Labute approximate surface area is 247 Å². The second-order valence-electron chi connectivity index (χ2n) is 12.7. The summed E-state index contributed by atoms with van der Waals surface area (Å²) in [6.45, 7) is 0. The molecule has 5 aromatic rings. The number of nitriles is 1. The lowest BCUT2D eigenvalue weighted by Gasteiger charge is -2.57. The number of hydrogen-bond donors (Lipinski definition) is 0. The first kappa shape index (κ1) is 25.1. The van der Waals surface area contributed by atoms with Crippen LogP contribution in [0.1, 0.15) is 49.7 Å². The van der Waals surface area contributed by atoms with E-state index in [1.807, 2.05) is 60.7 Å². The Balaban J connectivity index is 1.18. The van der Waals surface area contributed by atoms with Gasteiger partial charge in [0.1, 0.15) is 0 Å². The van der Waals surface area contributed by atoms with Crippen molar-refractivity contribution in [3.05, 3.63) is 114 Å². The monoisotopic (exact) mass is 544 g/mol. The number of rotatable bonds is 5. The first-order chi connectivity index (χ1) is 20.6. The number of aromatic nitrogens is 3. The van der Waals surface area contributed by atoms with Crippen LogP contribution >= 0.6 is 0 Å². The van der Waals surface area contributed by atoms with Gasteiger partial charge in [-0.3, -0.25) is 0 Å². The molecule has 4 heteroatoms. The van der Waals surface area contributed by atoms with Crippen LogP contribution in [0.4, 0.5) is 0 Å². The lowest BCUT2D eigenvalue weighted by atomic mass is 9.48. The summed E-state index contributed by atoms with van der Waals surface area (Å²) in [5, 5.41) is 9.19. The Kier molecular flexibility index (Phi) is 6.00. The van der Waals surface area contributed by atoms with Crippen LogP contribution in [-0.2, 0) is 5.41 Å². The third kappa shape index (κ3) is 4.50. The van der Waals surface area contributed by atoms with Gasteiger partial charge in [0.2, 0.25) is 0 Å². The van der Waals surface area contributed by atoms with E-state index in [0.29, 0.717) is 28.5 Å². The molecule has 4 aliphatic carbocycles. The molecule has 0 spiro atoms. The van der Waals surface area contributed by atoms with Gasteiger partial charge in [0.25, 0.3) is 0 Å².